The number of hydrogen-bond donors (Lipinski definition) is 2. The number of pyridine rings is 1. The molecule has 0 saturated carbocycles. The highest BCUT2D eigenvalue weighted by Crippen LogP contribution is 2.30. The molecule has 0 aliphatic rings. The summed E-state index contributed by atoms with van der Waals surface area (Å²) < 4.78 is 5.29. The molecule has 0 aliphatic heterocycles. The van der Waals surface area contributed by atoms with E-state index >= 15 is 0 Å². The van der Waals surface area contributed by atoms with E-state index in [1.54, 1.807) is 12.1 Å². The van der Waals surface area contributed by atoms with Crippen molar-refractivity contribution in [1.29, 1.82) is 0 Å². The molecule has 0 spiro atoms. The standard InChI is InChI=1S/C21H27N3O3/c1-6-15(7-2)19-11-16(10-13(3)23-19)21(27-22)24-14(4)18-9-8-17(25)12-20(18)26-5/h8-12,15,25H,4,6-7,22H2,1-3,5H3/b24-21-. The molecule has 144 valence electrons. The molecule has 1 heterocycles. The Hall–Kier alpha value is -2.86. The molecule has 0 atom stereocenters. The number of aromatic nitrogens is 1. The molecule has 0 aliphatic carbocycles. The summed E-state index contributed by atoms with van der Waals surface area (Å²) >= 11 is 0. The molecule has 0 fully saturated rings. The first kappa shape index (κ1) is 20.5. The van der Waals surface area contributed by atoms with Gasteiger partial charge in [0.25, 0.3) is 0 Å². The first-order valence-corrected chi connectivity index (χ1v) is 8.94. The van der Waals surface area contributed by atoms with Crippen LogP contribution < -0.4 is 10.6 Å². The Morgan fingerprint density at radius 3 is 2.56 bits per heavy atom. The van der Waals surface area contributed by atoms with Gasteiger partial charge in [-0.05, 0) is 44.0 Å². The van der Waals surface area contributed by atoms with Gasteiger partial charge in [0.15, 0.2) is 0 Å². The fourth-order valence-electron chi connectivity index (χ4n) is 2.99. The normalized spacial score (nSPS) is 11.6. The molecule has 6 heteroatoms. The number of benzene rings is 1. The number of rotatable bonds is 7. The van der Waals surface area contributed by atoms with Crippen LogP contribution in [0.1, 0.15) is 55.1 Å². The van der Waals surface area contributed by atoms with Crippen molar-refractivity contribution in [2.75, 3.05) is 7.11 Å². The van der Waals surface area contributed by atoms with Gasteiger partial charge in [-0.1, -0.05) is 20.4 Å². The Kier molecular flexibility index (Phi) is 6.96. The van der Waals surface area contributed by atoms with Crippen molar-refractivity contribution in [3.63, 3.8) is 0 Å². The summed E-state index contributed by atoms with van der Waals surface area (Å²) in [5.74, 6) is 6.67. The third-order valence-electron chi connectivity index (χ3n) is 4.47. The maximum absolute atomic E-state index is 9.62. The zero-order chi connectivity index (χ0) is 20.0. The number of nitrogens with zero attached hydrogens (tertiary/aromatic N) is 2. The fourth-order valence-corrected chi connectivity index (χ4v) is 2.99. The van der Waals surface area contributed by atoms with Gasteiger partial charge >= 0.3 is 0 Å². The number of aromatic hydroxyl groups is 1. The largest absolute Gasteiger partial charge is 0.508 e. The molecule has 0 saturated heterocycles. The minimum atomic E-state index is 0.0993. The molecular weight excluding hydrogens is 342 g/mol. The summed E-state index contributed by atoms with van der Waals surface area (Å²) in [6.07, 6.45) is 2.00. The zero-order valence-corrected chi connectivity index (χ0v) is 16.3. The first-order chi connectivity index (χ1) is 12.9. The molecule has 2 aromatic rings. The van der Waals surface area contributed by atoms with Gasteiger partial charge in [-0.15, -0.1) is 0 Å². The molecule has 0 amide bonds. The van der Waals surface area contributed by atoms with Gasteiger partial charge in [-0.25, -0.2) is 4.99 Å². The van der Waals surface area contributed by atoms with Gasteiger partial charge in [0.05, 0.1) is 12.8 Å². The zero-order valence-electron chi connectivity index (χ0n) is 16.3. The van der Waals surface area contributed by atoms with Crippen LogP contribution in [0.25, 0.3) is 5.70 Å². The Morgan fingerprint density at radius 1 is 1.26 bits per heavy atom. The Morgan fingerprint density at radius 2 is 1.96 bits per heavy atom. The van der Waals surface area contributed by atoms with Crippen molar-refractivity contribution in [2.45, 2.75) is 39.5 Å². The molecule has 0 radical (unpaired) electrons. The smallest absolute Gasteiger partial charge is 0.245 e. The molecular formula is C21H27N3O3. The summed E-state index contributed by atoms with van der Waals surface area (Å²) in [6, 6.07) is 8.56. The Bertz CT molecular complexity index is 843. The summed E-state index contributed by atoms with van der Waals surface area (Å²) in [6.45, 7) is 10.2. The van der Waals surface area contributed by atoms with Crippen LogP contribution in [0.3, 0.4) is 0 Å². The predicted octanol–water partition coefficient (Wildman–Crippen LogP) is 4.32. The van der Waals surface area contributed by atoms with Crippen LogP contribution in [0.2, 0.25) is 0 Å². The summed E-state index contributed by atoms with van der Waals surface area (Å²) in [7, 11) is 1.52. The van der Waals surface area contributed by atoms with E-state index in [1.165, 1.54) is 13.2 Å². The molecule has 27 heavy (non-hydrogen) atoms. The van der Waals surface area contributed by atoms with E-state index in [2.05, 4.69) is 30.4 Å². The maximum atomic E-state index is 9.62. The molecule has 2 rings (SSSR count). The molecule has 0 bridgehead atoms. The van der Waals surface area contributed by atoms with E-state index < -0.39 is 0 Å². The molecule has 1 aromatic heterocycles. The number of hydrogen-bond acceptors (Lipinski definition) is 6. The van der Waals surface area contributed by atoms with Crippen LogP contribution in [0, 0.1) is 6.92 Å². The van der Waals surface area contributed by atoms with Gasteiger partial charge in [-0.3, -0.25) is 4.98 Å². The van der Waals surface area contributed by atoms with Gasteiger partial charge in [-0.2, -0.15) is 5.90 Å². The van der Waals surface area contributed by atoms with E-state index in [0.717, 1.165) is 29.8 Å². The van der Waals surface area contributed by atoms with Gasteiger partial charge in [0.2, 0.25) is 5.90 Å². The SMILES string of the molecule is C=C(/N=C(\ON)c1cc(C)nc(C(CC)CC)c1)c1ccc(O)cc1OC. The van der Waals surface area contributed by atoms with E-state index in [1.807, 2.05) is 19.1 Å². The molecule has 1 aromatic carbocycles. The number of ether oxygens (including phenoxy) is 1. The Balaban J connectivity index is 2.45. The van der Waals surface area contributed by atoms with Crippen LogP contribution in [-0.4, -0.2) is 23.1 Å². The highest BCUT2D eigenvalue weighted by molar-refractivity contribution is 5.97. The lowest BCUT2D eigenvalue weighted by molar-refractivity contribution is 0.322. The van der Waals surface area contributed by atoms with Crippen LogP contribution >= 0.6 is 0 Å². The first-order valence-electron chi connectivity index (χ1n) is 8.94. The van der Waals surface area contributed by atoms with Crippen molar-refractivity contribution in [3.8, 4) is 11.5 Å². The van der Waals surface area contributed by atoms with Gasteiger partial charge in [0, 0.05) is 34.5 Å². The number of methoxy groups -OCH3 is 1. The second-order valence-corrected chi connectivity index (χ2v) is 6.30. The lowest BCUT2D eigenvalue weighted by atomic mass is 9.97. The maximum Gasteiger partial charge on any atom is 0.245 e. The minimum absolute atomic E-state index is 0.0993. The summed E-state index contributed by atoms with van der Waals surface area (Å²) in [5.41, 5.74) is 3.65. The topological polar surface area (TPSA) is 90.0 Å². The van der Waals surface area contributed by atoms with Crippen molar-refractivity contribution < 1.29 is 14.7 Å². The molecule has 6 nitrogen and oxygen atoms in total. The van der Waals surface area contributed by atoms with Crippen LogP contribution in [0.4, 0.5) is 0 Å². The monoisotopic (exact) mass is 369 g/mol. The highest BCUT2D eigenvalue weighted by Gasteiger charge is 2.15. The minimum Gasteiger partial charge on any atom is -0.508 e. The van der Waals surface area contributed by atoms with Crippen molar-refractivity contribution in [1.82, 2.24) is 4.98 Å². The quantitative estimate of drug-likeness (QED) is 0.431. The average molecular weight is 369 g/mol. The third-order valence-corrected chi connectivity index (χ3v) is 4.47. The van der Waals surface area contributed by atoms with Crippen LogP contribution in [0.5, 0.6) is 11.5 Å². The average Bonchev–Trinajstić information content (AvgIpc) is 2.66. The highest BCUT2D eigenvalue weighted by atomic mass is 16.6. The van der Waals surface area contributed by atoms with Crippen molar-refractivity contribution in [3.05, 3.63) is 59.4 Å². The second kappa shape index (κ2) is 9.19. The number of nitrogens with two attached hydrogens (primary N) is 1. The van der Waals surface area contributed by atoms with E-state index in [-0.39, 0.29) is 11.6 Å². The number of aryl methyl sites for hydroxylation is 1. The summed E-state index contributed by atoms with van der Waals surface area (Å²) in [5, 5.41) is 9.62. The lowest BCUT2D eigenvalue weighted by Crippen LogP contribution is -2.14. The van der Waals surface area contributed by atoms with E-state index in [9.17, 15) is 5.11 Å². The number of phenolic OH excluding ortho intramolecular Hbond substituents is 1. The predicted molar refractivity (Wildman–Crippen MR) is 108 cm³/mol. The van der Waals surface area contributed by atoms with Crippen molar-refractivity contribution >= 4 is 11.6 Å². The third kappa shape index (κ3) is 4.86. The summed E-state index contributed by atoms with van der Waals surface area (Å²) in [4.78, 5) is 14.2. The van der Waals surface area contributed by atoms with Crippen molar-refractivity contribution in [2.24, 2.45) is 10.9 Å². The molecule has 3 N–H and O–H groups in total. The van der Waals surface area contributed by atoms with Crippen LogP contribution in [0.15, 0.2) is 41.9 Å². The van der Waals surface area contributed by atoms with Gasteiger partial charge < -0.3 is 14.7 Å². The van der Waals surface area contributed by atoms with E-state index in [0.29, 0.717) is 22.9 Å². The van der Waals surface area contributed by atoms with Gasteiger partial charge in [0.1, 0.15) is 11.5 Å². The second-order valence-electron chi connectivity index (χ2n) is 6.30. The lowest BCUT2D eigenvalue weighted by Gasteiger charge is -2.15. The number of phenols is 1. The molecule has 0 unspecified atom stereocenters. The Labute approximate surface area is 160 Å². The van der Waals surface area contributed by atoms with E-state index in [4.69, 9.17) is 15.5 Å². The number of aliphatic imine (C=N–C) groups is 1. The fraction of sp³-hybridized carbons (Fsp3) is 0.333. The van der Waals surface area contributed by atoms with Crippen LogP contribution in [-0.2, 0) is 4.84 Å².